The van der Waals surface area contributed by atoms with E-state index in [1.165, 1.54) is 11.1 Å². The number of benzene rings is 2. The molecule has 0 saturated carbocycles. The average molecular weight is 370 g/mol. The van der Waals surface area contributed by atoms with E-state index >= 15 is 0 Å². The van der Waals surface area contributed by atoms with E-state index in [-0.39, 0.29) is 5.91 Å². The predicted molar refractivity (Wildman–Crippen MR) is 110 cm³/mol. The van der Waals surface area contributed by atoms with Crippen molar-refractivity contribution in [1.29, 1.82) is 0 Å². The Labute approximate surface area is 162 Å². The number of hydrogen-bond donors (Lipinski definition) is 1. The molecule has 4 nitrogen and oxygen atoms in total. The number of carbonyl (C=O) groups excluding carboxylic acids is 1. The zero-order valence-corrected chi connectivity index (χ0v) is 16.8. The quantitative estimate of drug-likeness (QED) is 0.616. The standard InChI is InChI=1S/C23H31NO3/c1-5-22(27-21-14-12-20(26-4)13-15-21)23(25)24-16-6-7-18-8-10-19(11-9-18)17(2)3/h8-15,17,22H,5-7,16H2,1-4H3,(H,24,25)/t22-/m1/s1. The van der Waals surface area contributed by atoms with Gasteiger partial charge in [0.2, 0.25) is 0 Å². The van der Waals surface area contributed by atoms with Gasteiger partial charge in [-0.15, -0.1) is 0 Å². The van der Waals surface area contributed by atoms with E-state index < -0.39 is 6.10 Å². The molecule has 1 N–H and O–H groups in total. The van der Waals surface area contributed by atoms with Gasteiger partial charge in [0.1, 0.15) is 11.5 Å². The third kappa shape index (κ3) is 6.63. The molecule has 0 radical (unpaired) electrons. The molecule has 2 rings (SSSR count). The normalized spacial score (nSPS) is 11.9. The van der Waals surface area contributed by atoms with Crippen LogP contribution in [0.4, 0.5) is 0 Å². The maximum Gasteiger partial charge on any atom is 0.261 e. The van der Waals surface area contributed by atoms with Gasteiger partial charge >= 0.3 is 0 Å². The Bertz CT molecular complexity index is 693. The van der Waals surface area contributed by atoms with E-state index in [1.807, 2.05) is 31.2 Å². The third-order valence-electron chi connectivity index (χ3n) is 4.59. The summed E-state index contributed by atoms with van der Waals surface area (Å²) >= 11 is 0. The van der Waals surface area contributed by atoms with Crippen molar-refractivity contribution >= 4 is 5.91 Å². The summed E-state index contributed by atoms with van der Waals surface area (Å²) in [4.78, 5) is 12.4. The molecule has 0 aliphatic carbocycles. The number of rotatable bonds is 10. The lowest BCUT2D eigenvalue weighted by molar-refractivity contribution is -0.128. The molecule has 27 heavy (non-hydrogen) atoms. The molecule has 0 spiro atoms. The minimum Gasteiger partial charge on any atom is -0.497 e. The Morgan fingerprint density at radius 3 is 2.19 bits per heavy atom. The fraction of sp³-hybridized carbons (Fsp3) is 0.435. The molecule has 0 aliphatic rings. The molecule has 0 heterocycles. The van der Waals surface area contributed by atoms with E-state index in [9.17, 15) is 4.79 Å². The Kier molecular flexibility index (Phi) is 8.18. The summed E-state index contributed by atoms with van der Waals surface area (Å²) in [5, 5.41) is 2.99. The van der Waals surface area contributed by atoms with Crippen LogP contribution in [0.2, 0.25) is 0 Å². The fourth-order valence-corrected chi connectivity index (χ4v) is 2.83. The minimum atomic E-state index is -0.483. The van der Waals surface area contributed by atoms with Crippen molar-refractivity contribution < 1.29 is 14.3 Å². The van der Waals surface area contributed by atoms with Gasteiger partial charge in [-0.25, -0.2) is 0 Å². The Hall–Kier alpha value is -2.49. The van der Waals surface area contributed by atoms with Gasteiger partial charge < -0.3 is 14.8 Å². The smallest absolute Gasteiger partial charge is 0.261 e. The molecular formula is C23H31NO3. The summed E-state index contributed by atoms with van der Waals surface area (Å²) < 4.78 is 10.9. The lowest BCUT2D eigenvalue weighted by Crippen LogP contribution is -2.38. The van der Waals surface area contributed by atoms with Crippen molar-refractivity contribution in [2.75, 3.05) is 13.7 Å². The van der Waals surface area contributed by atoms with Crippen LogP contribution in [-0.4, -0.2) is 25.7 Å². The predicted octanol–water partition coefficient (Wildman–Crippen LogP) is 4.73. The maximum absolute atomic E-state index is 12.4. The Balaban J connectivity index is 1.75. The topological polar surface area (TPSA) is 47.6 Å². The van der Waals surface area contributed by atoms with Crippen LogP contribution in [0.3, 0.4) is 0 Å². The first kappa shape index (κ1) is 20.8. The summed E-state index contributed by atoms with van der Waals surface area (Å²) in [6.07, 6.45) is 2.00. The van der Waals surface area contributed by atoms with Crippen LogP contribution in [0.5, 0.6) is 11.5 Å². The van der Waals surface area contributed by atoms with E-state index in [2.05, 4.69) is 43.4 Å². The first-order chi connectivity index (χ1) is 13.0. The van der Waals surface area contributed by atoms with Crippen molar-refractivity contribution in [2.45, 2.75) is 52.1 Å². The van der Waals surface area contributed by atoms with Crippen LogP contribution in [-0.2, 0) is 11.2 Å². The van der Waals surface area contributed by atoms with E-state index in [4.69, 9.17) is 9.47 Å². The SMILES string of the molecule is CC[C@@H](Oc1ccc(OC)cc1)C(=O)NCCCc1ccc(C(C)C)cc1. The third-order valence-corrected chi connectivity index (χ3v) is 4.59. The summed E-state index contributed by atoms with van der Waals surface area (Å²) in [5.74, 6) is 1.92. The monoisotopic (exact) mass is 369 g/mol. The van der Waals surface area contributed by atoms with Crippen molar-refractivity contribution in [1.82, 2.24) is 5.32 Å². The molecule has 0 saturated heterocycles. The summed E-state index contributed by atoms with van der Waals surface area (Å²) in [6, 6.07) is 16.0. The second-order valence-electron chi connectivity index (χ2n) is 6.98. The molecule has 2 aromatic rings. The van der Waals surface area contributed by atoms with Gasteiger partial charge in [-0.05, 0) is 60.6 Å². The van der Waals surface area contributed by atoms with Gasteiger partial charge in [0.05, 0.1) is 7.11 Å². The first-order valence-corrected chi connectivity index (χ1v) is 9.70. The minimum absolute atomic E-state index is 0.0662. The summed E-state index contributed by atoms with van der Waals surface area (Å²) in [5.41, 5.74) is 2.66. The van der Waals surface area contributed by atoms with Crippen molar-refractivity contribution in [3.63, 3.8) is 0 Å². The van der Waals surface area contributed by atoms with E-state index in [1.54, 1.807) is 7.11 Å². The number of aryl methyl sites for hydroxylation is 1. The molecule has 0 aliphatic heterocycles. The summed E-state index contributed by atoms with van der Waals surface area (Å²) in [7, 11) is 1.62. The van der Waals surface area contributed by atoms with E-state index in [0.717, 1.165) is 18.6 Å². The second-order valence-corrected chi connectivity index (χ2v) is 6.98. The number of amides is 1. The van der Waals surface area contributed by atoms with Crippen LogP contribution >= 0.6 is 0 Å². The van der Waals surface area contributed by atoms with Gasteiger partial charge in [0, 0.05) is 6.54 Å². The summed E-state index contributed by atoms with van der Waals surface area (Å²) in [6.45, 7) is 6.99. The Morgan fingerprint density at radius 2 is 1.63 bits per heavy atom. The lowest BCUT2D eigenvalue weighted by atomic mass is 10.0. The van der Waals surface area contributed by atoms with Crippen LogP contribution < -0.4 is 14.8 Å². The Morgan fingerprint density at radius 1 is 1.00 bits per heavy atom. The molecular weight excluding hydrogens is 338 g/mol. The molecule has 4 heteroatoms. The van der Waals surface area contributed by atoms with Crippen LogP contribution in [0.15, 0.2) is 48.5 Å². The van der Waals surface area contributed by atoms with Crippen LogP contribution in [0, 0.1) is 0 Å². The van der Waals surface area contributed by atoms with Gasteiger partial charge in [-0.1, -0.05) is 45.0 Å². The fourth-order valence-electron chi connectivity index (χ4n) is 2.83. The first-order valence-electron chi connectivity index (χ1n) is 9.70. The molecule has 0 aromatic heterocycles. The zero-order chi connectivity index (χ0) is 19.6. The highest BCUT2D eigenvalue weighted by molar-refractivity contribution is 5.81. The number of methoxy groups -OCH3 is 1. The highest BCUT2D eigenvalue weighted by atomic mass is 16.5. The molecule has 0 bridgehead atoms. The molecule has 1 atom stereocenters. The van der Waals surface area contributed by atoms with Crippen LogP contribution in [0.1, 0.15) is 50.7 Å². The lowest BCUT2D eigenvalue weighted by Gasteiger charge is -2.17. The average Bonchev–Trinajstić information content (AvgIpc) is 2.70. The molecule has 0 unspecified atom stereocenters. The second kappa shape index (κ2) is 10.6. The molecule has 146 valence electrons. The highest BCUT2D eigenvalue weighted by Gasteiger charge is 2.17. The van der Waals surface area contributed by atoms with Gasteiger partial charge in [-0.3, -0.25) is 4.79 Å². The number of carbonyl (C=O) groups is 1. The van der Waals surface area contributed by atoms with Crippen molar-refractivity contribution in [3.05, 3.63) is 59.7 Å². The van der Waals surface area contributed by atoms with Gasteiger partial charge in [0.15, 0.2) is 6.10 Å². The molecule has 0 fully saturated rings. The highest BCUT2D eigenvalue weighted by Crippen LogP contribution is 2.19. The van der Waals surface area contributed by atoms with E-state index in [0.29, 0.717) is 24.6 Å². The maximum atomic E-state index is 12.4. The van der Waals surface area contributed by atoms with Gasteiger partial charge in [-0.2, -0.15) is 0 Å². The van der Waals surface area contributed by atoms with Crippen molar-refractivity contribution in [3.8, 4) is 11.5 Å². The van der Waals surface area contributed by atoms with Gasteiger partial charge in [0.25, 0.3) is 5.91 Å². The van der Waals surface area contributed by atoms with Crippen LogP contribution in [0.25, 0.3) is 0 Å². The van der Waals surface area contributed by atoms with Crippen molar-refractivity contribution in [2.24, 2.45) is 0 Å². The number of hydrogen-bond acceptors (Lipinski definition) is 3. The number of ether oxygens (including phenoxy) is 2. The molecule has 1 amide bonds. The molecule has 2 aromatic carbocycles. The zero-order valence-electron chi connectivity index (χ0n) is 16.8. The largest absolute Gasteiger partial charge is 0.497 e. The number of nitrogens with one attached hydrogen (secondary N) is 1.